The van der Waals surface area contributed by atoms with E-state index in [0.717, 1.165) is 13.1 Å². The number of hydrogen-bond acceptors (Lipinski definition) is 3. The molecule has 1 aliphatic heterocycles. The zero-order chi connectivity index (χ0) is 13.0. The summed E-state index contributed by atoms with van der Waals surface area (Å²) in [6.07, 6.45) is 5.53. The second kappa shape index (κ2) is 6.53. The van der Waals surface area contributed by atoms with Crippen molar-refractivity contribution in [1.82, 2.24) is 10.6 Å². The third kappa shape index (κ3) is 3.95. The van der Waals surface area contributed by atoms with Crippen molar-refractivity contribution in [2.45, 2.75) is 45.1 Å². The fraction of sp³-hybridized carbons (Fsp3) is 0.929. The molecule has 1 aliphatic carbocycles. The highest BCUT2D eigenvalue weighted by Gasteiger charge is 2.31. The normalized spacial score (nSPS) is 24.6. The Labute approximate surface area is 110 Å². The van der Waals surface area contributed by atoms with Crippen molar-refractivity contribution in [2.24, 2.45) is 23.5 Å². The molecule has 4 nitrogen and oxygen atoms in total. The molecule has 2 unspecified atom stereocenters. The molecule has 1 heterocycles. The Bertz CT molecular complexity index is 272. The summed E-state index contributed by atoms with van der Waals surface area (Å²) in [5, 5.41) is 6.49. The van der Waals surface area contributed by atoms with Crippen LogP contribution in [0.3, 0.4) is 0 Å². The van der Waals surface area contributed by atoms with Crippen LogP contribution in [0.25, 0.3) is 0 Å². The third-order valence-corrected chi connectivity index (χ3v) is 4.49. The van der Waals surface area contributed by atoms with E-state index in [-0.39, 0.29) is 11.9 Å². The molecular formula is C14H27N3O. The van der Waals surface area contributed by atoms with E-state index in [4.69, 9.17) is 5.73 Å². The lowest BCUT2D eigenvalue weighted by Crippen LogP contribution is -2.42. The summed E-state index contributed by atoms with van der Waals surface area (Å²) in [6.45, 7) is 5.00. The number of nitrogens with one attached hydrogen (secondary N) is 2. The molecule has 0 aromatic carbocycles. The maximum absolute atomic E-state index is 12.0. The molecule has 0 bridgehead atoms. The summed E-state index contributed by atoms with van der Waals surface area (Å²) < 4.78 is 0. The first kappa shape index (κ1) is 13.8. The van der Waals surface area contributed by atoms with Gasteiger partial charge in [0.2, 0.25) is 5.91 Å². The number of nitrogens with two attached hydrogens (primary N) is 1. The molecule has 1 saturated heterocycles. The van der Waals surface area contributed by atoms with Crippen LogP contribution < -0.4 is 16.4 Å². The summed E-state index contributed by atoms with van der Waals surface area (Å²) in [7, 11) is 0. The van der Waals surface area contributed by atoms with Crippen LogP contribution in [0.4, 0.5) is 0 Å². The van der Waals surface area contributed by atoms with Crippen molar-refractivity contribution < 1.29 is 4.79 Å². The Balaban J connectivity index is 1.71. The average Bonchev–Trinajstić information content (AvgIpc) is 3.21. The largest absolute Gasteiger partial charge is 0.352 e. The lowest BCUT2D eigenvalue weighted by Gasteiger charge is -2.28. The molecule has 1 saturated carbocycles. The van der Waals surface area contributed by atoms with Gasteiger partial charge in [-0.1, -0.05) is 6.92 Å². The van der Waals surface area contributed by atoms with E-state index < -0.39 is 0 Å². The molecule has 0 spiro atoms. The Morgan fingerprint density at radius 2 is 1.94 bits per heavy atom. The maximum atomic E-state index is 12.0. The van der Waals surface area contributed by atoms with Crippen LogP contribution in [0, 0.1) is 17.8 Å². The predicted molar refractivity (Wildman–Crippen MR) is 73.1 cm³/mol. The molecule has 2 aliphatic rings. The molecule has 4 heteroatoms. The fourth-order valence-corrected chi connectivity index (χ4v) is 3.01. The van der Waals surface area contributed by atoms with Gasteiger partial charge < -0.3 is 16.4 Å². The van der Waals surface area contributed by atoms with Gasteiger partial charge >= 0.3 is 0 Å². The quantitative estimate of drug-likeness (QED) is 0.658. The predicted octanol–water partition coefficient (Wildman–Crippen LogP) is 0.866. The van der Waals surface area contributed by atoms with Gasteiger partial charge in [0, 0.05) is 19.0 Å². The van der Waals surface area contributed by atoms with Crippen molar-refractivity contribution in [3.63, 3.8) is 0 Å². The van der Waals surface area contributed by atoms with Gasteiger partial charge in [0.15, 0.2) is 0 Å². The minimum absolute atomic E-state index is 0.198. The number of rotatable bonds is 6. The second-order valence-electron chi connectivity index (χ2n) is 6.02. The molecule has 2 rings (SSSR count). The number of carbonyl (C=O) groups excluding carboxylic acids is 1. The molecular weight excluding hydrogens is 226 g/mol. The van der Waals surface area contributed by atoms with E-state index >= 15 is 0 Å². The molecule has 1 amide bonds. The highest BCUT2D eigenvalue weighted by molar-refractivity contribution is 5.76. The van der Waals surface area contributed by atoms with Crippen molar-refractivity contribution >= 4 is 5.91 Å². The molecule has 0 radical (unpaired) electrons. The Morgan fingerprint density at radius 1 is 1.28 bits per heavy atom. The van der Waals surface area contributed by atoms with E-state index in [1.807, 2.05) is 0 Å². The maximum Gasteiger partial charge on any atom is 0.220 e. The van der Waals surface area contributed by atoms with E-state index in [1.165, 1.54) is 25.7 Å². The standard InChI is InChI=1S/C14H27N3O/c1-10(11-4-6-16-7-5-11)8-14(18)17-13(9-15)12-2-3-12/h10-13,16H,2-9,15H2,1H3,(H,17,18). The minimum atomic E-state index is 0.198. The van der Waals surface area contributed by atoms with Crippen LogP contribution >= 0.6 is 0 Å². The number of carbonyl (C=O) groups is 1. The van der Waals surface area contributed by atoms with Gasteiger partial charge in [-0.25, -0.2) is 0 Å². The van der Waals surface area contributed by atoms with Gasteiger partial charge in [0.1, 0.15) is 0 Å². The first-order valence-electron chi connectivity index (χ1n) is 7.41. The summed E-state index contributed by atoms with van der Waals surface area (Å²) in [4.78, 5) is 12.0. The summed E-state index contributed by atoms with van der Waals surface area (Å²) in [6, 6.07) is 0.220. The van der Waals surface area contributed by atoms with Gasteiger partial charge in [-0.05, 0) is 56.5 Å². The molecule has 0 aromatic heterocycles. The first-order chi connectivity index (χ1) is 8.70. The highest BCUT2D eigenvalue weighted by Crippen LogP contribution is 2.32. The summed E-state index contributed by atoms with van der Waals surface area (Å²) in [5.41, 5.74) is 5.71. The van der Waals surface area contributed by atoms with Gasteiger partial charge in [-0.15, -0.1) is 0 Å². The number of amides is 1. The van der Waals surface area contributed by atoms with E-state index in [0.29, 0.717) is 30.7 Å². The number of hydrogen-bond donors (Lipinski definition) is 3. The van der Waals surface area contributed by atoms with Crippen LogP contribution in [-0.4, -0.2) is 31.6 Å². The van der Waals surface area contributed by atoms with E-state index in [2.05, 4.69) is 17.6 Å². The van der Waals surface area contributed by atoms with E-state index in [9.17, 15) is 4.79 Å². The lowest BCUT2D eigenvalue weighted by atomic mass is 9.84. The summed E-state index contributed by atoms with van der Waals surface area (Å²) in [5.74, 6) is 2.04. The first-order valence-corrected chi connectivity index (χ1v) is 7.41. The van der Waals surface area contributed by atoms with Gasteiger partial charge in [0.05, 0.1) is 0 Å². The monoisotopic (exact) mass is 253 g/mol. The van der Waals surface area contributed by atoms with Crippen molar-refractivity contribution in [3.8, 4) is 0 Å². The fourth-order valence-electron chi connectivity index (χ4n) is 3.01. The second-order valence-corrected chi connectivity index (χ2v) is 6.02. The van der Waals surface area contributed by atoms with Crippen LogP contribution in [0.2, 0.25) is 0 Å². The smallest absolute Gasteiger partial charge is 0.220 e. The van der Waals surface area contributed by atoms with Crippen LogP contribution in [0.15, 0.2) is 0 Å². The zero-order valence-electron chi connectivity index (χ0n) is 11.5. The number of piperidine rings is 1. The lowest BCUT2D eigenvalue weighted by molar-refractivity contribution is -0.123. The van der Waals surface area contributed by atoms with Gasteiger partial charge in [-0.2, -0.15) is 0 Å². The van der Waals surface area contributed by atoms with Crippen molar-refractivity contribution in [1.29, 1.82) is 0 Å². The Hall–Kier alpha value is -0.610. The summed E-state index contributed by atoms with van der Waals surface area (Å²) >= 11 is 0. The molecule has 104 valence electrons. The molecule has 2 fully saturated rings. The molecule has 4 N–H and O–H groups in total. The van der Waals surface area contributed by atoms with Gasteiger partial charge in [0.25, 0.3) is 0 Å². The molecule has 18 heavy (non-hydrogen) atoms. The van der Waals surface area contributed by atoms with Crippen molar-refractivity contribution in [3.05, 3.63) is 0 Å². The van der Waals surface area contributed by atoms with Crippen LogP contribution in [0.1, 0.15) is 39.0 Å². The van der Waals surface area contributed by atoms with Crippen LogP contribution in [-0.2, 0) is 4.79 Å². The molecule has 2 atom stereocenters. The van der Waals surface area contributed by atoms with Crippen LogP contribution in [0.5, 0.6) is 0 Å². The minimum Gasteiger partial charge on any atom is -0.352 e. The Kier molecular flexibility index (Phi) is 5.01. The zero-order valence-corrected chi connectivity index (χ0v) is 11.5. The van der Waals surface area contributed by atoms with Crippen molar-refractivity contribution in [2.75, 3.05) is 19.6 Å². The van der Waals surface area contributed by atoms with E-state index in [1.54, 1.807) is 0 Å². The SMILES string of the molecule is CC(CC(=O)NC(CN)C1CC1)C1CCNCC1. The third-order valence-electron chi connectivity index (χ3n) is 4.49. The highest BCUT2D eigenvalue weighted by atomic mass is 16.1. The topological polar surface area (TPSA) is 67.2 Å². The van der Waals surface area contributed by atoms with Gasteiger partial charge in [-0.3, -0.25) is 4.79 Å². The Morgan fingerprint density at radius 3 is 2.50 bits per heavy atom. The molecule has 0 aromatic rings. The average molecular weight is 253 g/mol.